The Bertz CT molecular complexity index is 468. The number of aromatic nitrogens is 2. The summed E-state index contributed by atoms with van der Waals surface area (Å²) < 4.78 is 0. The first-order chi connectivity index (χ1) is 7.45. The van der Waals surface area contributed by atoms with Gasteiger partial charge in [0.05, 0.1) is 17.5 Å². The van der Waals surface area contributed by atoms with Crippen LogP contribution in [0.25, 0.3) is 11.0 Å². The average Bonchev–Trinajstić information content (AvgIpc) is 2.78. The largest absolute Gasteiger partial charge is 0.367 e. The molecule has 2 N–H and O–H groups in total. The fraction of sp³-hybridized carbons (Fsp3) is 0.364. The van der Waals surface area contributed by atoms with Crippen molar-refractivity contribution in [1.82, 2.24) is 15.3 Å². The van der Waals surface area contributed by atoms with Gasteiger partial charge in [-0.3, -0.25) is 0 Å². The Labute approximate surface area is 125 Å². The van der Waals surface area contributed by atoms with Gasteiger partial charge in [-0.05, 0) is 12.1 Å². The highest BCUT2D eigenvalue weighted by atomic mass is 35.5. The Morgan fingerprint density at radius 3 is 2.50 bits per heavy atom. The van der Waals surface area contributed by atoms with E-state index < -0.39 is 0 Å². The van der Waals surface area contributed by atoms with E-state index in [9.17, 15) is 0 Å². The van der Waals surface area contributed by atoms with Crippen molar-refractivity contribution in [2.45, 2.75) is 0 Å². The fourth-order valence-electron chi connectivity index (χ4n) is 2.11. The minimum absolute atomic E-state index is 0. The van der Waals surface area contributed by atoms with Crippen LogP contribution in [-0.2, 0) is 0 Å². The molecule has 0 unspecified atom stereocenters. The van der Waals surface area contributed by atoms with Gasteiger partial charge in [0.15, 0.2) is 0 Å². The van der Waals surface area contributed by atoms with E-state index >= 15 is 0 Å². The van der Waals surface area contributed by atoms with Gasteiger partial charge in [0.1, 0.15) is 5.52 Å². The molecular weight excluding hydrogens is 295 g/mol. The maximum Gasteiger partial charge on any atom is 0.112 e. The third-order valence-electron chi connectivity index (χ3n) is 2.89. The van der Waals surface area contributed by atoms with E-state index in [4.69, 9.17) is 0 Å². The number of fused-ring (bicyclic) bond motifs is 1. The second kappa shape index (κ2) is 7.69. The molecule has 102 valence electrons. The van der Waals surface area contributed by atoms with Crippen LogP contribution in [0.15, 0.2) is 24.5 Å². The van der Waals surface area contributed by atoms with Gasteiger partial charge in [-0.2, -0.15) is 0 Å². The third kappa shape index (κ3) is 3.20. The zero-order valence-corrected chi connectivity index (χ0v) is 12.2. The molecule has 18 heavy (non-hydrogen) atoms. The SMILES string of the molecule is Cl.Cl.Cl.c1cc(N2CCNCC2)c2nc[nH]c2c1. The van der Waals surface area contributed by atoms with Crippen LogP contribution in [0.5, 0.6) is 0 Å². The zero-order chi connectivity index (χ0) is 10.1. The number of halogens is 3. The Morgan fingerprint density at radius 1 is 1.06 bits per heavy atom. The number of nitrogens with zero attached hydrogens (tertiary/aromatic N) is 2. The molecule has 1 aromatic carbocycles. The molecule has 0 aliphatic carbocycles. The lowest BCUT2D eigenvalue weighted by Crippen LogP contribution is -2.43. The number of benzene rings is 1. The van der Waals surface area contributed by atoms with Crippen LogP contribution >= 0.6 is 37.2 Å². The van der Waals surface area contributed by atoms with E-state index in [-0.39, 0.29) is 37.2 Å². The molecule has 7 heteroatoms. The number of hydrogen-bond acceptors (Lipinski definition) is 3. The van der Waals surface area contributed by atoms with Crippen molar-refractivity contribution in [3.05, 3.63) is 24.5 Å². The predicted octanol–water partition coefficient (Wildman–Crippen LogP) is 2.24. The summed E-state index contributed by atoms with van der Waals surface area (Å²) >= 11 is 0. The molecule has 1 saturated heterocycles. The van der Waals surface area contributed by atoms with Crippen LogP contribution in [0.2, 0.25) is 0 Å². The van der Waals surface area contributed by atoms with Crippen molar-refractivity contribution < 1.29 is 0 Å². The molecule has 4 nitrogen and oxygen atoms in total. The number of anilines is 1. The summed E-state index contributed by atoms with van der Waals surface area (Å²) in [6, 6.07) is 6.29. The van der Waals surface area contributed by atoms with Gasteiger partial charge in [0.2, 0.25) is 0 Å². The molecule has 0 spiro atoms. The van der Waals surface area contributed by atoms with Crippen LogP contribution < -0.4 is 10.2 Å². The molecule has 2 heterocycles. The highest BCUT2D eigenvalue weighted by Gasteiger charge is 2.13. The number of para-hydroxylation sites is 1. The number of piperazine rings is 1. The Hall–Kier alpha value is -0.680. The number of H-pyrrole nitrogens is 1. The number of imidazole rings is 1. The average molecular weight is 312 g/mol. The number of rotatable bonds is 1. The van der Waals surface area contributed by atoms with Crippen molar-refractivity contribution in [3.8, 4) is 0 Å². The molecule has 2 aromatic rings. The normalized spacial score (nSPS) is 14.3. The van der Waals surface area contributed by atoms with E-state index in [1.165, 1.54) is 5.69 Å². The predicted molar refractivity (Wildman–Crippen MR) is 82.9 cm³/mol. The summed E-state index contributed by atoms with van der Waals surface area (Å²) in [6.07, 6.45) is 1.76. The molecule has 1 fully saturated rings. The van der Waals surface area contributed by atoms with Crippen molar-refractivity contribution in [1.29, 1.82) is 0 Å². The third-order valence-corrected chi connectivity index (χ3v) is 2.89. The van der Waals surface area contributed by atoms with Gasteiger partial charge in [-0.1, -0.05) is 6.07 Å². The Kier molecular flexibility index (Phi) is 7.40. The molecule has 1 aliphatic heterocycles. The van der Waals surface area contributed by atoms with Gasteiger partial charge < -0.3 is 15.2 Å². The Morgan fingerprint density at radius 2 is 1.78 bits per heavy atom. The van der Waals surface area contributed by atoms with E-state index in [2.05, 4.69) is 38.4 Å². The molecule has 0 amide bonds. The summed E-state index contributed by atoms with van der Waals surface area (Å²) in [5.41, 5.74) is 3.45. The topological polar surface area (TPSA) is 44.0 Å². The summed E-state index contributed by atoms with van der Waals surface area (Å²) in [6.45, 7) is 4.24. The maximum absolute atomic E-state index is 4.38. The lowest BCUT2D eigenvalue weighted by atomic mass is 10.2. The lowest BCUT2D eigenvalue weighted by molar-refractivity contribution is 0.590. The molecule has 1 aromatic heterocycles. The highest BCUT2D eigenvalue weighted by molar-refractivity contribution is 5.88. The first kappa shape index (κ1) is 17.3. The van der Waals surface area contributed by atoms with Gasteiger partial charge in [-0.15, -0.1) is 37.2 Å². The smallest absolute Gasteiger partial charge is 0.112 e. The Balaban J connectivity index is 0.000000963. The van der Waals surface area contributed by atoms with Crippen LogP contribution in [0.4, 0.5) is 5.69 Å². The quantitative estimate of drug-likeness (QED) is 0.849. The standard InChI is InChI=1S/C11H14N4.3ClH/c1-2-9-11(14-8-13-9)10(3-1)15-6-4-12-5-7-15;;;/h1-3,8,12H,4-7H2,(H,13,14);3*1H. The van der Waals surface area contributed by atoms with Gasteiger partial charge in [-0.25, -0.2) is 4.98 Å². The lowest BCUT2D eigenvalue weighted by Gasteiger charge is -2.29. The van der Waals surface area contributed by atoms with Gasteiger partial charge >= 0.3 is 0 Å². The monoisotopic (exact) mass is 310 g/mol. The minimum Gasteiger partial charge on any atom is -0.367 e. The van der Waals surface area contributed by atoms with E-state index in [1.54, 1.807) is 6.33 Å². The van der Waals surface area contributed by atoms with Crippen LogP contribution in [0.1, 0.15) is 0 Å². The summed E-state index contributed by atoms with van der Waals surface area (Å²) in [5, 5.41) is 3.36. The van der Waals surface area contributed by atoms with Crippen molar-refractivity contribution in [2.24, 2.45) is 0 Å². The summed E-state index contributed by atoms with van der Waals surface area (Å²) in [7, 11) is 0. The summed E-state index contributed by atoms with van der Waals surface area (Å²) in [4.78, 5) is 9.91. The zero-order valence-electron chi connectivity index (χ0n) is 9.76. The second-order valence-corrected chi connectivity index (χ2v) is 3.81. The number of hydrogen-bond donors (Lipinski definition) is 2. The van der Waals surface area contributed by atoms with E-state index in [1.807, 2.05) is 0 Å². The molecule has 0 bridgehead atoms. The maximum atomic E-state index is 4.38. The molecule has 1 aliphatic rings. The molecule has 0 atom stereocenters. The summed E-state index contributed by atoms with van der Waals surface area (Å²) in [5.74, 6) is 0. The molecule has 0 saturated carbocycles. The first-order valence-corrected chi connectivity index (χ1v) is 5.33. The number of aromatic amines is 1. The minimum atomic E-state index is 0. The van der Waals surface area contributed by atoms with E-state index in [0.717, 1.165) is 37.2 Å². The van der Waals surface area contributed by atoms with E-state index in [0.29, 0.717) is 0 Å². The second-order valence-electron chi connectivity index (χ2n) is 3.81. The van der Waals surface area contributed by atoms with Crippen LogP contribution in [-0.4, -0.2) is 36.1 Å². The van der Waals surface area contributed by atoms with Crippen molar-refractivity contribution in [3.63, 3.8) is 0 Å². The van der Waals surface area contributed by atoms with Crippen molar-refractivity contribution >= 4 is 53.9 Å². The van der Waals surface area contributed by atoms with Crippen LogP contribution in [0.3, 0.4) is 0 Å². The van der Waals surface area contributed by atoms with Gasteiger partial charge in [0, 0.05) is 26.2 Å². The molecular formula is C11H17Cl3N4. The number of nitrogens with one attached hydrogen (secondary N) is 2. The van der Waals surface area contributed by atoms with Gasteiger partial charge in [0.25, 0.3) is 0 Å². The van der Waals surface area contributed by atoms with Crippen LogP contribution in [0, 0.1) is 0 Å². The fourth-order valence-corrected chi connectivity index (χ4v) is 2.11. The molecule has 3 rings (SSSR count). The molecule has 0 radical (unpaired) electrons. The first-order valence-electron chi connectivity index (χ1n) is 5.33. The van der Waals surface area contributed by atoms with Crippen molar-refractivity contribution in [2.75, 3.05) is 31.1 Å². The highest BCUT2D eigenvalue weighted by Crippen LogP contribution is 2.23.